The van der Waals surface area contributed by atoms with Gasteiger partial charge in [-0.3, -0.25) is 0 Å². The molecule has 0 aliphatic rings. The molecule has 2 rings (SSSR count). The minimum atomic E-state index is -1.03. The molecule has 0 aliphatic heterocycles. The highest BCUT2D eigenvalue weighted by molar-refractivity contribution is 7.09. The zero-order valence-corrected chi connectivity index (χ0v) is 10.7. The summed E-state index contributed by atoms with van der Waals surface area (Å²) in [6, 6.07) is 6.93. The molecule has 0 unspecified atom stereocenters. The van der Waals surface area contributed by atoms with Crippen molar-refractivity contribution in [1.82, 2.24) is 4.37 Å². The first kappa shape index (κ1) is 12.4. The Morgan fingerprint density at radius 1 is 1.22 bits per heavy atom. The largest absolute Gasteiger partial charge is 0.493 e. The molecule has 6 heteroatoms. The van der Waals surface area contributed by atoms with Crippen LogP contribution >= 0.6 is 11.5 Å². The summed E-state index contributed by atoms with van der Waals surface area (Å²) in [5.41, 5.74) is 0.891. The van der Waals surface area contributed by atoms with Crippen molar-refractivity contribution < 1.29 is 19.4 Å². The van der Waals surface area contributed by atoms with E-state index in [2.05, 4.69) is 4.37 Å². The van der Waals surface area contributed by atoms with Crippen molar-refractivity contribution in [3.05, 3.63) is 30.0 Å². The topological polar surface area (TPSA) is 68.7 Å². The van der Waals surface area contributed by atoms with Gasteiger partial charge in [0.2, 0.25) is 0 Å². The van der Waals surface area contributed by atoms with E-state index in [0.29, 0.717) is 11.5 Å². The van der Waals surface area contributed by atoms with Crippen LogP contribution < -0.4 is 9.47 Å². The fourth-order valence-corrected chi connectivity index (χ4v) is 2.23. The van der Waals surface area contributed by atoms with Crippen LogP contribution in [0.3, 0.4) is 0 Å². The highest BCUT2D eigenvalue weighted by Gasteiger charge is 2.12. The maximum atomic E-state index is 10.8. The molecule has 1 aromatic heterocycles. The van der Waals surface area contributed by atoms with Crippen LogP contribution in [0.15, 0.2) is 24.3 Å². The predicted octanol–water partition coefficient (Wildman–Crippen LogP) is 2.53. The third kappa shape index (κ3) is 2.28. The maximum absolute atomic E-state index is 10.8. The Labute approximate surface area is 108 Å². The third-order valence-corrected chi connectivity index (χ3v) is 3.24. The molecule has 0 atom stereocenters. The quantitative estimate of drug-likeness (QED) is 0.920. The Hall–Kier alpha value is -2.08. The monoisotopic (exact) mass is 265 g/mol. The Morgan fingerprint density at radius 2 is 1.94 bits per heavy atom. The van der Waals surface area contributed by atoms with Gasteiger partial charge in [-0.2, -0.15) is 4.37 Å². The van der Waals surface area contributed by atoms with Crippen LogP contribution in [-0.4, -0.2) is 29.7 Å². The lowest BCUT2D eigenvalue weighted by molar-refractivity contribution is 0.0692. The van der Waals surface area contributed by atoms with Gasteiger partial charge in [-0.1, -0.05) is 0 Å². The van der Waals surface area contributed by atoms with Gasteiger partial charge in [-0.25, -0.2) is 4.79 Å². The van der Waals surface area contributed by atoms with Crippen LogP contribution in [0.4, 0.5) is 0 Å². The average molecular weight is 265 g/mol. The van der Waals surface area contributed by atoms with Gasteiger partial charge in [0.05, 0.1) is 19.1 Å². The van der Waals surface area contributed by atoms with Gasteiger partial charge in [0.1, 0.15) is 0 Å². The number of carboxylic acid groups (broad SMARTS) is 1. The summed E-state index contributed by atoms with van der Waals surface area (Å²) in [6.07, 6.45) is 0. The lowest BCUT2D eigenvalue weighted by Crippen LogP contribution is -1.94. The number of rotatable bonds is 4. The van der Waals surface area contributed by atoms with Crippen LogP contribution in [0.25, 0.3) is 10.4 Å². The highest BCUT2D eigenvalue weighted by Crippen LogP contribution is 2.33. The second kappa shape index (κ2) is 5.05. The molecule has 0 aliphatic carbocycles. The fraction of sp³-hybridized carbons (Fsp3) is 0.167. The number of aromatic carboxylic acids is 1. The molecular formula is C12H11NO4S. The van der Waals surface area contributed by atoms with Gasteiger partial charge in [-0.05, 0) is 41.4 Å². The summed E-state index contributed by atoms with van der Waals surface area (Å²) in [4.78, 5) is 11.5. The molecule has 0 radical (unpaired) electrons. The standard InChI is InChI=1S/C12H11NO4S/c1-16-9-4-3-7(5-10(9)17-2)11-6-8(12(14)15)13-18-11/h3-6H,1-2H3,(H,14,15). The van der Waals surface area contributed by atoms with Gasteiger partial charge in [-0.15, -0.1) is 0 Å². The Kier molecular flexibility index (Phi) is 3.47. The van der Waals surface area contributed by atoms with E-state index in [-0.39, 0.29) is 5.69 Å². The molecule has 0 fully saturated rings. The number of nitrogens with zero attached hydrogens (tertiary/aromatic N) is 1. The maximum Gasteiger partial charge on any atom is 0.355 e. The molecule has 18 heavy (non-hydrogen) atoms. The van der Waals surface area contributed by atoms with E-state index in [9.17, 15) is 4.79 Å². The number of ether oxygens (including phenoxy) is 2. The van der Waals surface area contributed by atoms with Crippen LogP contribution in [-0.2, 0) is 0 Å². The van der Waals surface area contributed by atoms with Crippen molar-refractivity contribution in [1.29, 1.82) is 0 Å². The van der Waals surface area contributed by atoms with Crippen molar-refractivity contribution in [3.63, 3.8) is 0 Å². The van der Waals surface area contributed by atoms with E-state index in [4.69, 9.17) is 14.6 Å². The zero-order valence-electron chi connectivity index (χ0n) is 9.84. The summed E-state index contributed by atoms with van der Waals surface area (Å²) in [5, 5.41) is 8.83. The normalized spacial score (nSPS) is 10.1. The first-order chi connectivity index (χ1) is 8.65. The Bertz CT molecular complexity index is 579. The van der Waals surface area contributed by atoms with E-state index in [1.807, 2.05) is 6.07 Å². The van der Waals surface area contributed by atoms with E-state index in [1.165, 1.54) is 6.07 Å². The van der Waals surface area contributed by atoms with Gasteiger partial charge < -0.3 is 14.6 Å². The first-order valence-corrected chi connectivity index (χ1v) is 5.85. The molecule has 0 spiro atoms. The van der Waals surface area contributed by atoms with Crippen molar-refractivity contribution >= 4 is 17.5 Å². The highest BCUT2D eigenvalue weighted by atomic mass is 32.1. The van der Waals surface area contributed by atoms with Crippen molar-refractivity contribution in [2.45, 2.75) is 0 Å². The van der Waals surface area contributed by atoms with Crippen molar-refractivity contribution in [2.75, 3.05) is 14.2 Å². The van der Waals surface area contributed by atoms with Crippen molar-refractivity contribution in [2.24, 2.45) is 0 Å². The number of benzene rings is 1. The predicted molar refractivity (Wildman–Crippen MR) is 67.6 cm³/mol. The van der Waals surface area contributed by atoms with Gasteiger partial charge in [0.15, 0.2) is 17.2 Å². The zero-order chi connectivity index (χ0) is 13.1. The molecular weight excluding hydrogens is 254 g/mol. The lowest BCUT2D eigenvalue weighted by Gasteiger charge is -2.08. The van der Waals surface area contributed by atoms with E-state index >= 15 is 0 Å². The van der Waals surface area contributed by atoms with E-state index in [0.717, 1.165) is 22.0 Å². The molecule has 1 aromatic carbocycles. The third-order valence-electron chi connectivity index (χ3n) is 2.40. The van der Waals surface area contributed by atoms with Gasteiger partial charge in [0, 0.05) is 0 Å². The first-order valence-electron chi connectivity index (χ1n) is 5.08. The lowest BCUT2D eigenvalue weighted by atomic mass is 10.1. The Balaban J connectivity index is 2.41. The number of methoxy groups -OCH3 is 2. The fourth-order valence-electron chi connectivity index (χ4n) is 1.50. The van der Waals surface area contributed by atoms with Gasteiger partial charge in [0.25, 0.3) is 0 Å². The minimum Gasteiger partial charge on any atom is -0.493 e. The summed E-state index contributed by atoms with van der Waals surface area (Å²) in [5.74, 6) is 0.197. The minimum absolute atomic E-state index is 0.0461. The molecule has 2 aromatic rings. The second-order valence-corrected chi connectivity index (χ2v) is 4.26. The number of hydrogen-bond donors (Lipinski definition) is 1. The summed E-state index contributed by atoms with van der Waals surface area (Å²) in [7, 11) is 3.11. The van der Waals surface area contributed by atoms with Crippen LogP contribution in [0.2, 0.25) is 0 Å². The average Bonchev–Trinajstić information content (AvgIpc) is 2.87. The van der Waals surface area contributed by atoms with E-state index < -0.39 is 5.97 Å². The molecule has 94 valence electrons. The van der Waals surface area contributed by atoms with Crippen LogP contribution in [0.5, 0.6) is 11.5 Å². The Morgan fingerprint density at radius 3 is 2.50 bits per heavy atom. The van der Waals surface area contributed by atoms with Crippen LogP contribution in [0.1, 0.15) is 10.5 Å². The van der Waals surface area contributed by atoms with E-state index in [1.54, 1.807) is 26.4 Å². The number of carboxylic acids is 1. The number of hydrogen-bond acceptors (Lipinski definition) is 5. The summed E-state index contributed by atoms with van der Waals surface area (Å²) in [6.45, 7) is 0. The number of aromatic nitrogens is 1. The molecule has 0 saturated heterocycles. The molecule has 0 amide bonds. The molecule has 1 heterocycles. The smallest absolute Gasteiger partial charge is 0.355 e. The molecule has 1 N–H and O–H groups in total. The molecule has 0 saturated carbocycles. The molecule has 5 nitrogen and oxygen atoms in total. The summed E-state index contributed by atoms with van der Waals surface area (Å²) >= 11 is 1.14. The summed E-state index contributed by atoms with van der Waals surface area (Å²) < 4.78 is 14.2. The second-order valence-electron chi connectivity index (χ2n) is 3.45. The van der Waals surface area contributed by atoms with Crippen LogP contribution in [0, 0.1) is 0 Å². The number of carbonyl (C=O) groups is 1. The van der Waals surface area contributed by atoms with Crippen molar-refractivity contribution in [3.8, 4) is 21.9 Å². The van der Waals surface area contributed by atoms with Gasteiger partial charge >= 0.3 is 5.97 Å². The SMILES string of the molecule is COc1ccc(-c2cc(C(=O)O)ns2)cc1OC. The molecule has 0 bridgehead atoms.